The van der Waals surface area contributed by atoms with E-state index in [9.17, 15) is 4.79 Å². The summed E-state index contributed by atoms with van der Waals surface area (Å²) < 4.78 is 5.41. The monoisotopic (exact) mass is 318 g/mol. The van der Waals surface area contributed by atoms with Crippen molar-refractivity contribution in [2.75, 3.05) is 0 Å². The minimum absolute atomic E-state index is 0.0165. The first-order chi connectivity index (χ1) is 8.97. The van der Waals surface area contributed by atoms with Crippen LogP contribution in [0.2, 0.25) is 15.3 Å². The van der Waals surface area contributed by atoms with Crippen molar-refractivity contribution < 1.29 is 14.6 Å². The van der Waals surface area contributed by atoms with Crippen molar-refractivity contribution in [1.29, 1.82) is 0 Å². The number of benzene rings is 1. The molecular weight excluding hydrogens is 314 g/mol. The maximum absolute atomic E-state index is 10.8. The van der Waals surface area contributed by atoms with Gasteiger partial charge in [-0.2, -0.15) is 0 Å². The third-order valence-corrected chi connectivity index (χ3v) is 2.83. The highest BCUT2D eigenvalue weighted by Crippen LogP contribution is 2.33. The molecule has 2 rings (SSSR count). The average molecular weight is 320 g/mol. The van der Waals surface area contributed by atoms with E-state index in [-0.39, 0.29) is 32.4 Å². The fourth-order valence-electron chi connectivity index (χ4n) is 1.24. The van der Waals surface area contributed by atoms with Gasteiger partial charge in [-0.3, -0.25) is 0 Å². The minimum Gasteiger partial charge on any atom is -0.478 e. The quantitative estimate of drug-likeness (QED) is 0.928. The molecule has 1 aromatic carbocycles. The summed E-state index contributed by atoms with van der Waals surface area (Å²) in [6.45, 7) is 0. The van der Waals surface area contributed by atoms with Gasteiger partial charge in [-0.1, -0.05) is 34.8 Å². The summed E-state index contributed by atoms with van der Waals surface area (Å²) in [4.78, 5) is 10.8. The molecule has 0 atom stereocenters. The standard InChI is InChI=1S/C11H5Cl3N2O3/c12-6-3-5(11(17)18)1-2-7(6)19-8-4-9(13)15-16-10(8)14/h1-4H,(H,17,18). The Morgan fingerprint density at radius 3 is 2.47 bits per heavy atom. The van der Waals surface area contributed by atoms with Gasteiger partial charge in [0.1, 0.15) is 5.75 Å². The van der Waals surface area contributed by atoms with E-state index in [2.05, 4.69) is 10.2 Å². The smallest absolute Gasteiger partial charge is 0.335 e. The number of rotatable bonds is 3. The van der Waals surface area contributed by atoms with Crippen LogP contribution in [-0.2, 0) is 0 Å². The molecule has 19 heavy (non-hydrogen) atoms. The molecule has 1 aromatic heterocycles. The van der Waals surface area contributed by atoms with Gasteiger partial charge in [-0.05, 0) is 18.2 Å². The lowest BCUT2D eigenvalue weighted by Gasteiger charge is -2.08. The fraction of sp³-hybridized carbons (Fsp3) is 0. The van der Waals surface area contributed by atoms with E-state index in [1.807, 2.05) is 0 Å². The van der Waals surface area contributed by atoms with Crippen LogP contribution in [-0.4, -0.2) is 21.3 Å². The molecule has 0 aliphatic rings. The third-order valence-electron chi connectivity index (χ3n) is 2.09. The molecule has 0 radical (unpaired) electrons. The van der Waals surface area contributed by atoms with Gasteiger partial charge < -0.3 is 9.84 Å². The third kappa shape index (κ3) is 3.26. The Kier molecular flexibility index (Phi) is 4.09. The Morgan fingerprint density at radius 2 is 1.84 bits per heavy atom. The van der Waals surface area contributed by atoms with Crippen molar-refractivity contribution in [3.63, 3.8) is 0 Å². The Hall–Kier alpha value is -1.56. The summed E-state index contributed by atoms with van der Waals surface area (Å²) >= 11 is 17.4. The summed E-state index contributed by atoms with van der Waals surface area (Å²) in [7, 11) is 0. The number of hydrogen-bond donors (Lipinski definition) is 1. The molecule has 8 heteroatoms. The van der Waals surface area contributed by atoms with Crippen molar-refractivity contribution >= 4 is 40.8 Å². The second-order valence-electron chi connectivity index (χ2n) is 3.37. The van der Waals surface area contributed by atoms with Crippen molar-refractivity contribution in [2.24, 2.45) is 0 Å². The molecule has 0 bridgehead atoms. The van der Waals surface area contributed by atoms with Gasteiger partial charge in [0.25, 0.3) is 0 Å². The predicted octanol–water partition coefficient (Wildman–Crippen LogP) is 3.93. The lowest BCUT2D eigenvalue weighted by Crippen LogP contribution is -1.97. The zero-order valence-electron chi connectivity index (χ0n) is 9.10. The number of nitrogens with zero attached hydrogens (tertiary/aromatic N) is 2. The van der Waals surface area contributed by atoms with Crippen molar-refractivity contribution in [1.82, 2.24) is 10.2 Å². The zero-order chi connectivity index (χ0) is 14.0. The van der Waals surface area contributed by atoms with Crippen LogP contribution in [0, 0.1) is 0 Å². The number of aromatic carboxylic acids is 1. The van der Waals surface area contributed by atoms with E-state index in [0.29, 0.717) is 0 Å². The van der Waals surface area contributed by atoms with Crippen LogP contribution in [0.1, 0.15) is 10.4 Å². The number of aromatic nitrogens is 2. The number of ether oxygens (including phenoxy) is 1. The first kappa shape index (κ1) is 13.9. The first-order valence-electron chi connectivity index (χ1n) is 4.87. The van der Waals surface area contributed by atoms with Crippen LogP contribution in [0.3, 0.4) is 0 Å². The van der Waals surface area contributed by atoms with Crippen LogP contribution in [0.25, 0.3) is 0 Å². The number of carbonyl (C=O) groups is 1. The highest BCUT2D eigenvalue weighted by molar-refractivity contribution is 6.33. The Morgan fingerprint density at radius 1 is 1.11 bits per heavy atom. The summed E-state index contributed by atoms with van der Waals surface area (Å²) in [5.41, 5.74) is 0.0503. The molecule has 0 unspecified atom stereocenters. The summed E-state index contributed by atoms with van der Waals surface area (Å²) in [5.74, 6) is -0.677. The van der Waals surface area contributed by atoms with E-state index in [0.717, 1.165) is 0 Å². The van der Waals surface area contributed by atoms with Crippen LogP contribution < -0.4 is 4.74 Å². The number of carboxylic acids is 1. The molecule has 0 amide bonds. The number of halogens is 3. The van der Waals surface area contributed by atoms with Gasteiger partial charge in [0.05, 0.1) is 10.6 Å². The van der Waals surface area contributed by atoms with Crippen LogP contribution in [0.15, 0.2) is 24.3 Å². The zero-order valence-corrected chi connectivity index (χ0v) is 11.4. The molecule has 1 N–H and O–H groups in total. The molecule has 2 aromatic rings. The van der Waals surface area contributed by atoms with E-state index in [1.54, 1.807) is 0 Å². The van der Waals surface area contributed by atoms with Gasteiger partial charge in [0.2, 0.25) is 0 Å². The van der Waals surface area contributed by atoms with E-state index >= 15 is 0 Å². The van der Waals surface area contributed by atoms with Crippen molar-refractivity contribution in [3.05, 3.63) is 45.2 Å². The molecule has 5 nitrogen and oxygen atoms in total. The van der Waals surface area contributed by atoms with Gasteiger partial charge in [0.15, 0.2) is 16.1 Å². The lowest BCUT2D eigenvalue weighted by atomic mass is 10.2. The van der Waals surface area contributed by atoms with Gasteiger partial charge in [-0.15, -0.1) is 10.2 Å². The second-order valence-corrected chi connectivity index (χ2v) is 4.53. The van der Waals surface area contributed by atoms with Crippen LogP contribution >= 0.6 is 34.8 Å². The van der Waals surface area contributed by atoms with Gasteiger partial charge in [-0.25, -0.2) is 4.79 Å². The maximum Gasteiger partial charge on any atom is 0.335 e. The Bertz CT molecular complexity index is 649. The molecule has 98 valence electrons. The molecule has 0 aliphatic heterocycles. The van der Waals surface area contributed by atoms with Gasteiger partial charge >= 0.3 is 5.97 Å². The Balaban J connectivity index is 2.33. The van der Waals surface area contributed by atoms with E-state index in [1.165, 1.54) is 24.3 Å². The highest BCUT2D eigenvalue weighted by Gasteiger charge is 2.11. The topological polar surface area (TPSA) is 72.3 Å². The number of carboxylic acid groups (broad SMARTS) is 1. The molecule has 0 saturated heterocycles. The molecular formula is C11H5Cl3N2O3. The second kappa shape index (κ2) is 5.61. The minimum atomic E-state index is -1.08. The molecule has 1 heterocycles. The maximum atomic E-state index is 10.8. The predicted molar refractivity (Wildman–Crippen MR) is 70.5 cm³/mol. The van der Waals surface area contributed by atoms with Crippen molar-refractivity contribution in [2.45, 2.75) is 0 Å². The van der Waals surface area contributed by atoms with E-state index < -0.39 is 5.97 Å². The average Bonchev–Trinajstić information content (AvgIpc) is 2.36. The summed E-state index contributed by atoms with van der Waals surface area (Å²) in [5, 5.41) is 16.2. The number of hydrogen-bond acceptors (Lipinski definition) is 4. The first-order valence-corrected chi connectivity index (χ1v) is 6.00. The fourth-order valence-corrected chi connectivity index (χ4v) is 1.73. The summed E-state index contributed by atoms with van der Waals surface area (Å²) in [6, 6.07) is 5.41. The SMILES string of the molecule is O=C(O)c1ccc(Oc2cc(Cl)nnc2Cl)c(Cl)c1. The van der Waals surface area contributed by atoms with Crippen LogP contribution in [0.4, 0.5) is 0 Å². The van der Waals surface area contributed by atoms with E-state index in [4.69, 9.17) is 44.6 Å². The Labute approximate surface area is 122 Å². The van der Waals surface area contributed by atoms with Gasteiger partial charge in [0, 0.05) is 6.07 Å². The summed E-state index contributed by atoms with van der Waals surface area (Å²) in [6.07, 6.45) is 0. The largest absolute Gasteiger partial charge is 0.478 e. The lowest BCUT2D eigenvalue weighted by molar-refractivity contribution is 0.0697. The highest BCUT2D eigenvalue weighted by atomic mass is 35.5. The molecule has 0 saturated carbocycles. The molecule has 0 fully saturated rings. The normalized spacial score (nSPS) is 10.3. The van der Waals surface area contributed by atoms with Crippen molar-refractivity contribution in [3.8, 4) is 11.5 Å². The molecule has 0 spiro atoms. The van der Waals surface area contributed by atoms with Crippen LogP contribution in [0.5, 0.6) is 11.5 Å². The molecule has 0 aliphatic carbocycles.